The number of carbonyl (C=O) groups excluding carboxylic acids is 3. The van der Waals surface area contributed by atoms with E-state index >= 15 is 0 Å². The van der Waals surface area contributed by atoms with Crippen LogP contribution in [0.1, 0.15) is 72.9 Å². The number of rotatable bonds is 20. The predicted molar refractivity (Wildman–Crippen MR) is 265 cm³/mol. The number of likely N-dealkylation sites (tertiary alicyclic amines) is 1. The molecule has 2 aliphatic rings. The summed E-state index contributed by atoms with van der Waals surface area (Å²) in [4.78, 5) is 60.6. The second-order valence-electron chi connectivity index (χ2n) is 17.5. The molecule has 16 nitrogen and oxygen atoms in total. The van der Waals surface area contributed by atoms with Gasteiger partial charge in [-0.1, -0.05) is 80.6 Å². The summed E-state index contributed by atoms with van der Waals surface area (Å²) in [5.74, 6) is -0.663. The van der Waals surface area contributed by atoms with E-state index < -0.39 is 23.0 Å². The van der Waals surface area contributed by atoms with Gasteiger partial charge in [-0.05, 0) is 83.6 Å². The molecule has 3 amide bonds. The SMILES string of the molecule is Cc1ncsc1-c1ccc(C(C)NC(=O)[C@@H]2C[C@@H](O)CN2C(=O)C(c2cc(OCCOCCOc3ccc(CN4C(=O)/C(=C/C=C/c5ccc([N+](=O)[O-])cc5)c5ccccc54)cc3)no2)C(C)C)cc1. The Kier molecular flexibility index (Phi) is 15.6. The smallest absolute Gasteiger partial charge is 0.269 e. The van der Waals surface area contributed by atoms with Crippen LogP contribution in [-0.4, -0.2) is 87.9 Å². The summed E-state index contributed by atoms with van der Waals surface area (Å²) in [6, 6.07) is 29.7. The zero-order chi connectivity index (χ0) is 49.3. The highest BCUT2D eigenvalue weighted by molar-refractivity contribution is 7.13. The third-order valence-electron chi connectivity index (χ3n) is 12.2. The lowest BCUT2D eigenvalue weighted by Gasteiger charge is -2.29. The maximum atomic E-state index is 14.1. The number of para-hydroxylation sites is 1. The van der Waals surface area contributed by atoms with E-state index in [2.05, 4.69) is 15.5 Å². The van der Waals surface area contributed by atoms with Crippen molar-refractivity contribution in [2.24, 2.45) is 5.92 Å². The van der Waals surface area contributed by atoms with Crippen molar-refractivity contribution in [3.05, 3.63) is 165 Å². The van der Waals surface area contributed by atoms with E-state index in [1.165, 1.54) is 17.0 Å². The molecule has 70 heavy (non-hydrogen) atoms. The molecule has 4 heterocycles. The van der Waals surface area contributed by atoms with Gasteiger partial charge in [0.25, 0.3) is 17.5 Å². The normalized spacial score (nSPS) is 17.1. The third-order valence-corrected chi connectivity index (χ3v) is 13.2. The third kappa shape index (κ3) is 11.5. The predicted octanol–water partition coefficient (Wildman–Crippen LogP) is 8.71. The number of carbonyl (C=O) groups is 3. The molecule has 4 aromatic carbocycles. The van der Waals surface area contributed by atoms with E-state index in [1.54, 1.807) is 52.7 Å². The van der Waals surface area contributed by atoms with Gasteiger partial charge in [0, 0.05) is 42.3 Å². The molecule has 8 rings (SSSR count). The fourth-order valence-electron chi connectivity index (χ4n) is 8.59. The number of ether oxygens (including phenoxy) is 3. The number of aryl methyl sites for hydroxylation is 1. The summed E-state index contributed by atoms with van der Waals surface area (Å²) in [6.45, 7) is 9.00. The first-order valence-corrected chi connectivity index (χ1v) is 23.9. The number of non-ortho nitro benzene ring substituents is 1. The Labute approximate surface area is 409 Å². The molecule has 2 aromatic heterocycles. The van der Waals surface area contributed by atoms with Crippen molar-refractivity contribution >= 4 is 52.1 Å². The molecule has 0 aliphatic carbocycles. The van der Waals surface area contributed by atoms with Crippen LogP contribution in [0.25, 0.3) is 22.1 Å². The van der Waals surface area contributed by atoms with Crippen LogP contribution in [0.5, 0.6) is 11.6 Å². The van der Waals surface area contributed by atoms with Crippen molar-refractivity contribution in [1.29, 1.82) is 0 Å². The van der Waals surface area contributed by atoms with E-state index in [0.717, 1.165) is 44.1 Å². The number of thiazole rings is 1. The number of aliphatic hydroxyl groups is 1. The topological polar surface area (TPSA) is 200 Å². The van der Waals surface area contributed by atoms with Gasteiger partial charge in [-0.2, -0.15) is 0 Å². The minimum atomic E-state index is -0.859. The Balaban J connectivity index is 0.768. The Morgan fingerprint density at radius 2 is 1.70 bits per heavy atom. The minimum absolute atomic E-state index is 0.0148. The highest BCUT2D eigenvalue weighted by atomic mass is 32.1. The van der Waals surface area contributed by atoms with Crippen molar-refractivity contribution in [3.8, 4) is 22.1 Å². The number of aromatic nitrogens is 2. The molecule has 1 saturated heterocycles. The molecule has 0 radical (unpaired) electrons. The monoisotopic (exact) mass is 966 g/mol. The number of allylic oxidation sites excluding steroid dienone is 2. The van der Waals surface area contributed by atoms with Crippen LogP contribution in [0.2, 0.25) is 0 Å². The van der Waals surface area contributed by atoms with Gasteiger partial charge in [0.1, 0.15) is 30.9 Å². The molecule has 0 bridgehead atoms. The van der Waals surface area contributed by atoms with Crippen LogP contribution in [-0.2, 0) is 25.7 Å². The number of nitro benzene ring substituents is 1. The Morgan fingerprint density at radius 3 is 2.40 bits per heavy atom. The summed E-state index contributed by atoms with van der Waals surface area (Å²) >= 11 is 1.58. The summed E-state index contributed by atoms with van der Waals surface area (Å²) in [6.07, 6.45) is 4.61. The van der Waals surface area contributed by atoms with Crippen molar-refractivity contribution in [2.75, 3.05) is 37.9 Å². The van der Waals surface area contributed by atoms with Gasteiger partial charge in [0.05, 0.1) is 58.6 Å². The molecule has 1 fully saturated rings. The van der Waals surface area contributed by atoms with Crippen molar-refractivity contribution in [3.63, 3.8) is 0 Å². The summed E-state index contributed by atoms with van der Waals surface area (Å²) < 4.78 is 23.0. The number of hydrogen-bond donors (Lipinski definition) is 2. The fraction of sp³-hybridized carbons (Fsp3) is 0.302. The molecule has 0 saturated carbocycles. The van der Waals surface area contributed by atoms with E-state index in [1.807, 2.05) is 106 Å². The van der Waals surface area contributed by atoms with E-state index in [0.29, 0.717) is 30.2 Å². The molecule has 17 heteroatoms. The van der Waals surface area contributed by atoms with Crippen molar-refractivity contribution in [1.82, 2.24) is 20.4 Å². The largest absolute Gasteiger partial charge is 0.491 e. The zero-order valence-corrected chi connectivity index (χ0v) is 40.0. The van der Waals surface area contributed by atoms with E-state index in [9.17, 15) is 29.6 Å². The molecular weight excluding hydrogens is 913 g/mol. The summed E-state index contributed by atoms with van der Waals surface area (Å²) in [5, 5.41) is 28.7. The van der Waals surface area contributed by atoms with Crippen LogP contribution in [0.4, 0.5) is 11.4 Å². The number of nitrogens with one attached hydrogen (secondary N) is 1. The standard InChI is InChI=1S/C53H54N6O10S/c1-33(2)49(53(63)58-31-41(60)28-46(58)51(61)55-34(3)38-16-18-39(19-17-38)50-35(4)54-32-70-50)47-29-48(56-69-47)68-27-25-66-24-26-67-42-22-14-37(15-23-42)30-57-45-11-6-5-9-43(45)44(52(57)62)10-7-8-36-12-20-40(21-13-36)59(64)65/h5-23,29,32-34,41,46,49,60H,24-28,30-31H2,1-4H3,(H,55,61)/b8-7+,44-10+/t34?,41-,46+,49?/m1/s1. The van der Waals surface area contributed by atoms with Crippen LogP contribution in [0.3, 0.4) is 0 Å². The first-order chi connectivity index (χ1) is 33.8. The first kappa shape index (κ1) is 49.0. The number of amides is 3. The zero-order valence-electron chi connectivity index (χ0n) is 39.2. The second-order valence-corrected chi connectivity index (χ2v) is 18.3. The van der Waals surface area contributed by atoms with Gasteiger partial charge in [-0.3, -0.25) is 24.5 Å². The van der Waals surface area contributed by atoms with Gasteiger partial charge in [-0.15, -0.1) is 11.3 Å². The van der Waals surface area contributed by atoms with Crippen LogP contribution in [0.15, 0.2) is 125 Å². The molecule has 362 valence electrons. The second kappa shape index (κ2) is 22.3. The molecule has 2 aliphatic heterocycles. The lowest BCUT2D eigenvalue weighted by atomic mass is 9.91. The average Bonchev–Trinajstić information content (AvgIpc) is 4.16. The highest BCUT2D eigenvalue weighted by Gasteiger charge is 2.43. The number of benzene rings is 4. The number of anilines is 1. The Morgan fingerprint density at radius 1 is 0.971 bits per heavy atom. The maximum absolute atomic E-state index is 14.1. The maximum Gasteiger partial charge on any atom is 0.269 e. The van der Waals surface area contributed by atoms with Gasteiger partial charge >= 0.3 is 0 Å². The molecule has 0 spiro atoms. The van der Waals surface area contributed by atoms with Crippen molar-refractivity contribution < 1.29 is 43.1 Å². The summed E-state index contributed by atoms with van der Waals surface area (Å²) in [5.41, 5.74) is 8.65. The molecular formula is C53H54N6O10S. The quantitative estimate of drug-likeness (QED) is 0.0320. The first-order valence-electron chi connectivity index (χ1n) is 23.1. The number of β-amino-alcohol motifs (C(OH)–C–C–N with tert-alkyl or cyclic N) is 1. The van der Waals surface area contributed by atoms with E-state index in [4.69, 9.17) is 18.7 Å². The Bertz CT molecular complexity index is 2860. The van der Waals surface area contributed by atoms with Gasteiger partial charge in [0.15, 0.2) is 5.76 Å². The number of nitro groups is 1. The van der Waals surface area contributed by atoms with Crippen LogP contribution >= 0.6 is 11.3 Å². The highest BCUT2D eigenvalue weighted by Crippen LogP contribution is 2.38. The molecule has 6 aromatic rings. The number of hydrogen-bond acceptors (Lipinski definition) is 13. The number of nitrogens with zero attached hydrogens (tertiary/aromatic N) is 5. The lowest BCUT2D eigenvalue weighted by molar-refractivity contribution is -0.384. The number of fused-ring (bicyclic) bond motifs is 1. The van der Waals surface area contributed by atoms with Crippen LogP contribution in [0, 0.1) is 23.0 Å². The van der Waals surface area contributed by atoms with Crippen LogP contribution < -0.4 is 19.7 Å². The van der Waals surface area contributed by atoms with Gasteiger partial charge in [0.2, 0.25) is 11.8 Å². The Hall–Kier alpha value is -7.47. The average molecular weight is 967 g/mol. The number of aliphatic hydroxyl groups excluding tert-OH is 1. The molecule has 4 atom stereocenters. The summed E-state index contributed by atoms with van der Waals surface area (Å²) in [7, 11) is 0. The molecule has 2 N–H and O–H groups in total. The van der Waals surface area contributed by atoms with Gasteiger partial charge < -0.3 is 39.0 Å². The van der Waals surface area contributed by atoms with Gasteiger partial charge in [-0.25, -0.2) is 4.98 Å². The van der Waals surface area contributed by atoms with E-state index in [-0.39, 0.29) is 74.0 Å². The fourth-order valence-corrected chi connectivity index (χ4v) is 9.40. The lowest BCUT2D eigenvalue weighted by Crippen LogP contribution is -2.48. The molecule has 2 unspecified atom stereocenters. The minimum Gasteiger partial charge on any atom is -0.491 e. The van der Waals surface area contributed by atoms with Crippen molar-refractivity contribution in [2.45, 2.75) is 64.8 Å².